The van der Waals surface area contributed by atoms with Crippen molar-refractivity contribution in [1.29, 1.82) is 0 Å². The Morgan fingerprint density at radius 2 is 1.45 bits per heavy atom. The molecule has 1 heterocycles. The van der Waals surface area contributed by atoms with Gasteiger partial charge in [-0.05, 0) is 12.5 Å². The third-order valence-electron chi connectivity index (χ3n) is 5.93. The van der Waals surface area contributed by atoms with Crippen molar-refractivity contribution in [3.05, 3.63) is 12.2 Å². The lowest BCUT2D eigenvalue weighted by Crippen LogP contribution is -2.43. The van der Waals surface area contributed by atoms with Crippen molar-refractivity contribution >= 4 is 5.97 Å². The minimum atomic E-state index is -1.15. The number of carboxylic acids is 1. The number of carboxylic acid groups (broad SMARTS) is 1. The lowest BCUT2D eigenvalue weighted by atomic mass is 10.00. The average molecular weight is 412 g/mol. The molecule has 0 aliphatic carbocycles. The molecule has 0 amide bonds. The Balaban J connectivity index is 2.02. The number of ether oxygens (including phenoxy) is 1. The minimum absolute atomic E-state index is 0.639. The molecule has 0 aromatic rings. The second-order valence-corrected chi connectivity index (χ2v) is 8.47. The van der Waals surface area contributed by atoms with Gasteiger partial charge < -0.3 is 14.6 Å². The van der Waals surface area contributed by atoms with Crippen molar-refractivity contribution in [3.63, 3.8) is 0 Å². The second kappa shape index (κ2) is 15.9. The lowest BCUT2D eigenvalue weighted by molar-refractivity contribution is -0.434. The first-order valence-electron chi connectivity index (χ1n) is 11.8. The maximum absolute atomic E-state index is 10.9. The maximum Gasteiger partial charge on any atom is 0.220 e. The summed E-state index contributed by atoms with van der Waals surface area (Å²) >= 11 is 0. The van der Waals surface area contributed by atoms with E-state index in [9.17, 15) is 9.90 Å². The summed E-state index contributed by atoms with van der Waals surface area (Å²) in [5, 5.41) is 10.9. The molecule has 0 fully saturated rings. The standard InChI is InChI=1S/C24H44O5/c1-4-5-6-7-8-9-10-11-12-13-14-15-16-17-19-24(27-3)20-18-22(28-29-24)21(2)23(25)26/h18,20-22H,4-17,19H2,1-3H3,(H,25,26)/p-1. The van der Waals surface area contributed by atoms with Crippen molar-refractivity contribution in [2.24, 2.45) is 5.92 Å². The van der Waals surface area contributed by atoms with E-state index in [0.29, 0.717) is 6.42 Å². The average Bonchev–Trinajstić information content (AvgIpc) is 2.73. The van der Waals surface area contributed by atoms with E-state index in [1.807, 2.05) is 0 Å². The molecule has 0 spiro atoms. The van der Waals surface area contributed by atoms with Gasteiger partial charge in [-0.15, -0.1) is 0 Å². The van der Waals surface area contributed by atoms with Crippen LogP contribution in [0.2, 0.25) is 0 Å². The van der Waals surface area contributed by atoms with Gasteiger partial charge in [0.1, 0.15) is 6.10 Å². The first-order chi connectivity index (χ1) is 14.0. The van der Waals surface area contributed by atoms with Crippen molar-refractivity contribution in [2.45, 2.75) is 122 Å². The molecule has 0 saturated heterocycles. The van der Waals surface area contributed by atoms with Crippen LogP contribution >= 0.6 is 0 Å². The van der Waals surface area contributed by atoms with Crippen LogP contribution in [0.15, 0.2) is 12.2 Å². The molecule has 0 bridgehead atoms. The van der Waals surface area contributed by atoms with Crippen LogP contribution in [0.5, 0.6) is 0 Å². The molecule has 0 N–H and O–H groups in total. The zero-order valence-electron chi connectivity index (χ0n) is 19.0. The van der Waals surface area contributed by atoms with Gasteiger partial charge in [0, 0.05) is 25.4 Å². The molecule has 1 aliphatic rings. The van der Waals surface area contributed by atoms with Gasteiger partial charge in [-0.3, -0.25) is 0 Å². The molecule has 29 heavy (non-hydrogen) atoms. The van der Waals surface area contributed by atoms with Gasteiger partial charge in [-0.2, -0.15) is 4.89 Å². The Morgan fingerprint density at radius 3 is 1.83 bits per heavy atom. The van der Waals surface area contributed by atoms with Gasteiger partial charge in [0.15, 0.2) is 0 Å². The Hall–Kier alpha value is -0.910. The molecule has 0 aromatic carbocycles. The summed E-state index contributed by atoms with van der Waals surface area (Å²) in [6.45, 7) is 3.81. The van der Waals surface area contributed by atoms with E-state index in [1.54, 1.807) is 26.2 Å². The van der Waals surface area contributed by atoms with E-state index >= 15 is 0 Å². The largest absolute Gasteiger partial charge is 0.550 e. The van der Waals surface area contributed by atoms with Crippen LogP contribution in [-0.4, -0.2) is 25.0 Å². The highest BCUT2D eigenvalue weighted by atomic mass is 17.2. The highest BCUT2D eigenvalue weighted by Crippen LogP contribution is 2.29. The summed E-state index contributed by atoms with van der Waals surface area (Å²) in [4.78, 5) is 21.6. The Bertz CT molecular complexity index is 451. The van der Waals surface area contributed by atoms with E-state index in [2.05, 4.69) is 6.92 Å². The molecular formula is C24H43O5-. The van der Waals surface area contributed by atoms with Crippen LogP contribution < -0.4 is 5.11 Å². The molecule has 5 heteroatoms. The number of aliphatic carboxylic acids is 1. The zero-order chi connectivity index (χ0) is 21.4. The summed E-state index contributed by atoms with van der Waals surface area (Å²) in [5.41, 5.74) is 0. The van der Waals surface area contributed by atoms with Crippen LogP contribution in [-0.2, 0) is 19.3 Å². The minimum Gasteiger partial charge on any atom is -0.550 e. The van der Waals surface area contributed by atoms with Crippen LogP contribution in [0.1, 0.15) is 110 Å². The van der Waals surface area contributed by atoms with Crippen molar-refractivity contribution in [1.82, 2.24) is 0 Å². The molecule has 3 unspecified atom stereocenters. The molecule has 1 rings (SSSR count). The van der Waals surface area contributed by atoms with Crippen LogP contribution in [0.4, 0.5) is 0 Å². The first-order valence-corrected chi connectivity index (χ1v) is 11.8. The van der Waals surface area contributed by atoms with Gasteiger partial charge in [0.05, 0.1) is 0 Å². The third-order valence-corrected chi connectivity index (χ3v) is 5.93. The summed E-state index contributed by atoms with van der Waals surface area (Å²) in [6.07, 6.45) is 22.0. The first kappa shape index (κ1) is 26.1. The molecule has 0 saturated carbocycles. The number of carbonyl (C=O) groups is 1. The quantitative estimate of drug-likeness (QED) is 0.170. The van der Waals surface area contributed by atoms with Gasteiger partial charge >= 0.3 is 0 Å². The number of methoxy groups -OCH3 is 1. The molecule has 1 aliphatic heterocycles. The fraction of sp³-hybridized carbons (Fsp3) is 0.875. The predicted molar refractivity (Wildman–Crippen MR) is 114 cm³/mol. The van der Waals surface area contributed by atoms with Gasteiger partial charge in [0.2, 0.25) is 5.79 Å². The zero-order valence-corrected chi connectivity index (χ0v) is 19.0. The van der Waals surface area contributed by atoms with E-state index < -0.39 is 23.8 Å². The lowest BCUT2D eigenvalue weighted by Gasteiger charge is -2.35. The number of rotatable bonds is 18. The number of carbonyl (C=O) groups excluding carboxylic acids is 1. The van der Waals surface area contributed by atoms with Crippen LogP contribution in [0.25, 0.3) is 0 Å². The van der Waals surface area contributed by atoms with Gasteiger partial charge in [0.25, 0.3) is 0 Å². The van der Waals surface area contributed by atoms with E-state index in [1.165, 1.54) is 77.0 Å². The summed E-state index contributed by atoms with van der Waals surface area (Å²) in [6, 6.07) is 0. The van der Waals surface area contributed by atoms with E-state index in [0.717, 1.165) is 12.8 Å². The molecular weight excluding hydrogens is 368 g/mol. The molecule has 170 valence electrons. The SMILES string of the molecule is CCCCCCCCCCCCCCCCC1(OC)C=CC(C(C)C(=O)[O-])OO1. The molecule has 0 aromatic heterocycles. The highest BCUT2D eigenvalue weighted by Gasteiger charge is 2.35. The number of unbranched alkanes of at least 4 members (excludes halogenated alkanes) is 13. The molecule has 5 nitrogen and oxygen atoms in total. The monoisotopic (exact) mass is 411 g/mol. The Morgan fingerprint density at radius 1 is 0.966 bits per heavy atom. The normalized spacial score (nSPS) is 22.7. The van der Waals surface area contributed by atoms with Gasteiger partial charge in [-0.1, -0.05) is 103 Å². The van der Waals surface area contributed by atoms with Crippen molar-refractivity contribution in [2.75, 3.05) is 7.11 Å². The fourth-order valence-corrected chi connectivity index (χ4v) is 3.72. The summed E-state index contributed by atoms with van der Waals surface area (Å²) in [5.74, 6) is -2.82. The van der Waals surface area contributed by atoms with Crippen LogP contribution in [0.3, 0.4) is 0 Å². The third kappa shape index (κ3) is 11.2. The Labute approximate surface area is 178 Å². The number of hydrogen-bond donors (Lipinski definition) is 0. The summed E-state index contributed by atoms with van der Waals surface area (Å²) in [7, 11) is 1.58. The molecule has 0 radical (unpaired) electrons. The molecule has 3 atom stereocenters. The Kier molecular flexibility index (Phi) is 14.3. The summed E-state index contributed by atoms with van der Waals surface area (Å²) < 4.78 is 5.48. The van der Waals surface area contributed by atoms with Crippen molar-refractivity contribution in [3.8, 4) is 0 Å². The number of hydrogen-bond acceptors (Lipinski definition) is 5. The topological polar surface area (TPSA) is 67.8 Å². The smallest absolute Gasteiger partial charge is 0.220 e. The van der Waals surface area contributed by atoms with Crippen LogP contribution in [0, 0.1) is 5.92 Å². The van der Waals surface area contributed by atoms with E-state index in [-0.39, 0.29) is 0 Å². The highest BCUT2D eigenvalue weighted by molar-refractivity contribution is 5.68. The maximum atomic E-state index is 10.9. The fourth-order valence-electron chi connectivity index (χ4n) is 3.72. The van der Waals surface area contributed by atoms with E-state index in [4.69, 9.17) is 14.5 Å². The van der Waals surface area contributed by atoms with Gasteiger partial charge in [-0.25, -0.2) is 4.89 Å². The second-order valence-electron chi connectivity index (χ2n) is 8.47. The predicted octanol–water partition coefficient (Wildman–Crippen LogP) is 5.47. The van der Waals surface area contributed by atoms with Crippen molar-refractivity contribution < 1.29 is 24.4 Å².